The lowest BCUT2D eigenvalue weighted by Crippen LogP contribution is -2.39. The highest BCUT2D eigenvalue weighted by Crippen LogP contribution is 2.40. The quantitative estimate of drug-likeness (QED) is 0.896. The first-order chi connectivity index (χ1) is 8.54. The van der Waals surface area contributed by atoms with Gasteiger partial charge in [0.1, 0.15) is 0 Å². The average Bonchev–Trinajstić information content (AvgIpc) is 2.98. The van der Waals surface area contributed by atoms with Crippen LogP contribution in [0.15, 0.2) is 4.52 Å². The Balaban J connectivity index is 1.69. The summed E-state index contributed by atoms with van der Waals surface area (Å²) in [5, 5.41) is 14.7. The summed E-state index contributed by atoms with van der Waals surface area (Å²) < 4.78 is 5.28. The molecule has 4 nitrogen and oxygen atoms in total. The largest absolute Gasteiger partial charge is 0.389 e. The van der Waals surface area contributed by atoms with Crippen LogP contribution in [0.2, 0.25) is 0 Å². The van der Waals surface area contributed by atoms with Crippen LogP contribution in [0.4, 0.5) is 0 Å². The van der Waals surface area contributed by atoms with Crippen molar-refractivity contribution in [2.45, 2.75) is 63.9 Å². The van der Waals surface area contributed by atoms with Crippen molar-refractivity contribution in [1.82, 2.24) is 10.1 Å². The lowest BCUT2D eigenvalue weighted by Gasteiger charge is -2.38. The Labute approximate surface area is 108 Å². The maximum absolute atomic E-state index is 10.7. The molecule has 2 saturated carbocycles. The van der Waals surface area contributed by atoms with E-state index in [0.29, 0.717) is 30.1 Å². The van der Waals surface area contributed by atoms with Gasteiger partial charge in [-0.25, -0.2) is 0 Å². The molecule has 18 heavy (non-hydrogen) atoms. The first-order valence-electron chi connectivity index (χ1n) is 7.09. The molecule has 0 radical (unpaired) electrons. The van der Waals surface area contributed by atoms with E-state index in [0.717, 1.165) is 18.7 Å². The van der Waals surface area contributed by atoms with Gasteiger partial charge in [0.15, 0.2) is 5.82 Å². The Morgan fingerprint density at radius 2 is 1.94 bits per heavy atom. The summed E-state index contributed by atoms with van der Waals surface area (Å²) in [6.07, 6.45) is 5.77. The van der Waals surface area contributed by atoms with Crippen LogP contribution in [-0.2, 0) is 6.42 Å². The van der Waals surface area contributed by atoms with Crippen LogP contribution in [-0.4, -0.2) is 20.8 Å². The Kier molecular flexibility index (Phi) is 2.93. The molecule has 0 amide bonds. The minimum Gasteiger partial charge on any atom is -0.389 e. The van der Waals surface area contributed by atoms with Crippen LogP contribution >= 0.6 is 0 Å². The number of rotatable bonds is 3. The fourth-order valence-electron chi connectivity index (χ4n) is 3.51. The van der Waals surface area contributed by atoms with Crippen molar-refractivity contribution in [3.05, 3.63) is 11.7 Å². The second-order valence-electron chi connectivity index (χ2n) is 6.58. The van der Waals surface area contributed by atoms with E-state index in [2.05, 4.69) is 24.0 Å². The monoisotopic (exact) mass is 250 g/mol. The predicted molar refractivity (Wildman–Crippen MR) is 67.1 cm³/mol. The van der Waals surface area contributed by atoms with Gasteiger partial charge in [-0.2, -0.15) is 4.98 Å². The summed E-state index contributed by atoms with van der Waals surface area (Å²) in [6, 6.07) is 0. The van der Waals surface area contributed by atoms with E-state index in [9.17, 15) is 5.11 Å². The molecule has 2 fully saturated rings. The highest BCUT2D eigenvalue weighted by molar-refractivity contribution is 5.05. The Hall–Kier alpha value is -0.900. The fraction of sp³-hybridized carbons (Fsp3) is 0.857. The van der Waals surface area contributed by atoms with Gasteiger partial charge < -0.3 is 9.63 Å². The van der Waals surface area contributed by atoms with Crippen molar-refractivity contribution in [3.8, 4) is 0 Å². The van der Waals surface area contributed by atoms with Gasteiger partial charge in [0, 0.05) is 5.92 Å². The van der Waals surface area contributed by atoms with Crippen LogP contribution in [0, 0.1) is 11.8 Å². The molecule has 1 aromatic rings. The standard InChI is InChI=1S/C14H22N2O2/c1-9-5-10(2)7-14(17,6-9)8-12-15-13(16-18-12)11-3-4-11/h9-11,17H,3-8H2,1-2H3/t9-,10-/m1/s1. The van der Waals surface area contributed by atoms with Crippen molar-refractivity contribution in [1.29, 1.82) is 0 Å². The highest BCUT2D eigenvalue weighted by Gasteiger charge is 2.38. The van der Waals surface area contributed by atoms with Crippen molar-refractivity contribution < 1.29 is 9.63 Å². The summed E-state index contributed by atoms with van der Waals surface area (Å²) in [5.41, 5.74) is -0.648. The average molecular weight is 250 g/mol. The molecule has 3 rings (SSSR count). The van der Waals surface area contributed by atoms with E-state index >= 15 is 0 Å². The smallest absolute Gasteiger partial charge is 0.229 e. The number of hydrogen-bond donors (Lipinski definition) is 1. The number of nitrogens with zero attached hydrogens (tertiary/aromatic N) is 2. The molecule has 0 unspecified atom stereocenters. The van der Waals surface area contributed by atoms with Crippen molar-refractivity contribution in [2.75, 3.05) is 0 Å². The number of hydrogen-bond acceptors (Lipinski definition) is 4. The van der Waals surface area contributed by atoms with Gasteiger partial charge in [-0.3, -0.25) is 0 Å². The zero-order valence-electron chi connectivity index (χ0n) is 11.2. The molecule has 0 bridgehead atoms. The summed E-state index contributed by atoms with van der Waals surface area (Å²) in [6.45, 7) is 4.42. The topological polar surface area (TPSA) is 59.2 Å². The van der Waals surface area contributed by atoms with Crippen molar-refractivity contribution >= 4 is 0 Å². The van der Waals surface area contributed by atoms with Crippen LogP contribution in [0.1, 0.15) is 63.6 Å². The Morgan fingerprint density at radius 3 is 2.56 bits per heavy atom. The lowest BCUT2D eigenvalue weighted by molar-refractivity contribution is -0.0355. The van der Waals surface area contributed by atoms with E-state index < -0.39 is 5.60 Å². The summed E-state index contributed by atoms with van der Waals surface area (Å²) in [7, 11) is 0. The van der Waals surface area contributed by atoms with E-state index in [4.69, 9.17) is 4.52 Å². The van der Waals surface area contributed by atoms with Crippen molar-refractivity contribution in [3.63, 3.8) is 0 Å². The first-order valence-corrected chi connectivity index (χ1v) is 7.09. The molecular formula is C14H22N2O2. The third-order valence-electron chi connectivity index (χ3n) is 4.17. The molecule has 0 aromatic carbocycles. The normalized spacial score (nSPS) is 36.8. The summed E-state index contributed by atoms with van der Waals surface area (Å²) in [5.74, 6) is 3.11. The van der Waals surface area contributed by atoms with Gasteiger partial charge in [0.25, 0.3) is 0 Å². The predicted octanol–water partition coefficient (Wildman–Crippen LogP) is 2.68. The van der Waals surface area contributed by atoms with E-state index in [1.807, 2.05) is 0 Å². The zero-order valence-corrected chi connectivity index (χ0v) is 11.2. The van der Waals surface area contributed by atoms with Gasteiger partial charge in [0.2, 0.25) is 5.89 Å². The molecule has 1 N–H and O–H groups in total. The first kappa shape index (κ1) is 12.2. The molecule has 0 saturated heterocycles. The number of aromatic nitrogens is 2. The molecule has 2 atom stereocenters. The highest BCUT2D eigenvalue weighted by atomic mass is 16.5. The minimum absolute atomic E-state index is 0.515. The Morgan fingerprint density at radius 1 is 1.28 bits per heavy atom. The molecule has 2 aliphatic rings. The molecule has 1 aromatic heterocycles. The summed E-state index contributed by atoms with van der Waals surface area (Å²) in [4.78, 5) is 4.42. The SMILES string of the molecule is C[C@@H]1C[C@@H](C)CC(O)(Cc2nc(C3CC3)no2)C1. The maximum Gasteiger partial charge on any atom is 0.229 e. The minimum atomic E-state index is -0.648. The number of aliphatic hydroxyl groups is 1. The van der Waals surface area contributed by atoms with Crippen LogP contribution in [0.25, 0.3) is 0 Å². The van der Waals surface area contributed by atoms with Gasteiger partial charge in [-0.05, 0) is 43.9 Å². The van der Waals surface area contributed by atoms with Gasteiger partial charge in [0.05, 0.1) is 12.0 Å². The molecule has 1 heterocycles. The van der Waals surface area contributed by atoms with Gasteiger partial charge >= 0.3 is 0 Å². The van der Waals surface area contributed by atoms with Gasteiger partial charge in [-0.1, -0.05) is 19.0 Å². The molecule has 4 heteroatoms. The second-order valence-corrected chi connectivity index (χ2v) is 6.58. The summed E-state index contributed by atoms with van der Waals surface area (Å²) >= 11 is 0. The van der Waals surface area contributed by atoms with E-state index in [-0.39, 0.29) is 0 Å². The molecule has 0 spiro atoms. The molecule has 0 aliphatic heterocycles. The Bertz CT molecular complexity index is 415. The third kappa shape index (κ3) is 2.58. The van der Waals surface area contributed by atoms with E-state index in [1.165, 1.54) is 19.3 Å². The van der Waals surface area contributed by atoms with Crippen LogP contribution in [0.3, 0.4) is 0 Å². The second kappa shape index (κ2) is 4.34. The van der Waals surface area contributed by atoms with Gasteiger partial charge in [-0.15, -0.1) is 0 Å². The van der Waals surface area contributed by atoms with Crippen molar-refractivity contribution in [2.24, 2.45) is 11.8 Å². The fourth-order valence-corrected chi connectivity index (χ4v) is 3.51. The van der Waals surface area contributed by atoms with Crippen LogP contribution in [0.5, 0.6) is 0 Å². The maximum atomic E-state index is 10.7. The molecule has 100 valence electrons. The molecule has 2 aliphatic carbocycles. The van der Waals surface area contributed by atoms with Crippen LogP contribution < -0.4 is 0 Å². The molecular weight excluding hydrogens is 228 g/mol. The lowest BCUT2D eigenvalue weighted by atomic mass is 9.72. The third-order valence-corrected chi connectivity index (χ3v) is 4.17. The van der Waals surface area contributed by atoms with E-state index in [1.54, 1.807) is 0 Å². The zero-order chi connectivity index (χ0) is 12.8.